The first kappa shape index (κ1) is 11.7. The minimum absolute atomic E-state index is 0.390. The molecule has 0 radical (unpaired) electrons. The Morgan fingerprint density at radius 1 is 1.47 bits per heavy atom. The van der Waals surface area contributed by atoms with Crippen LogP contribution in [0.1, 0.15) is 12.0 Å². The minimum atomic E-state index is -4.56. The van der Waals surface area contributed by atoms with Crippen molar-refractivity contribution in [1.29, 1.82) is 0 Å². The summed E-state index contributed by atoms with van der Waals surface area (Å²) in [5.41, 5.74) is -1.53. The van der Waals surface area contributed by atoms with Crippen LogP contribution in [0.25, 0.3) is 0 Å². The largest absolute Gasteiger partial charge is 0.504 e. The smallest absolute Gasteiger partial charge is 0.269 e. The molecule has 1 aromatic heterocycles. The van der Waals surface area contributed by atoms with Crippen LogP contribution in [0.3, 0.4) is 0 Å². The molecule has 0 aliphatic rings. The van der Waals surface area contributed by atoms with E-state index >= 15 is 0 Å². The maximum Gasteiger partial charge on any atom is 0.269 e. The first-order valence-corrected chi connectivity index (χ1v) is 4.98. The third-order valence-electron chi connectivity index (χ3n) is 1.48. The molecule has 0 aromatic carbocycles. The highest BCUT2D eigenvalue weighted by Gasteiger charge is 2.28. The molecule has 0 saturated carbocycles. The van der Waals surface area contributed by atoms with Gasteiger partial charge in [0.2, 0.25) is 0 Å². The minimum Gasteiger partial charge on any atom is -0.504 e. The standard InChI is InChI=1S/C6H5F3N2O3S/c7-4-2(12)1-11-6(15(10,13)14)3(4)5(8)9/h1,5,12H,(H2,10,13,14). The first-order valence-electron chi connectivity index (χ1n) is 3.43. The average molecular weight is 242 g/mol. The lowest BCUT2D eigenvalue weighted by molar-refractivity contribution is 0.140. The maximum atomic E-state index is 13.0. The Labute approximate surface area is 82.4 Å². The van der Waals surface area contributed by atoms with E-state index < -0.39 is 38.6 Å². The van der Waals surface area contributed by atoms with Crippen LogP contribution in [0.2, 0.25) is 0 Å². The summed E-state index contributed by atoms with van der Waals surface area (Å²) in [5.74, 6) is -2.92. The summed E-state index contributed by atoms with van der Waals surface area (Å²) < 4.78 is 59.0. The molecule has 0 aliphatic heterocycles. The zero-order valence-corrected chi connectivity index (χ0v) is 7.80. The fourth-order valence-electron chi connectivity index (χ4n) is 0.894. The Hall–Kier alpha value is -1.35. The van der Waals surface area contributed by atoms with Crippen molar-refractivity contribution in [2.24, 2.45) is 5.14 Å². The van der Waals surface area contributed by atoms with Gasteiger partial charge in [0, 0.05) is 0 Å². The molecule has 5 nitrogen and oxygen atoms in total. The van der Waals surface area contributed by atoms with Gasteiger partial charge in [0.1, 0.15) is 0 Å². The number of aromatic hydroxyl groups is 1. The summed E-state index contributed by atoms with van der Waals surface area (Å²) in [6.07, 6.45) is -3.06. The number of hydrogen-bond acceptors (Lipinski definition) is 4. The van der Waals surface area contributed by atoms with E-state index in [2.05, 4.69) is 10.1 Å². The summed E-state index contributed by atoms with van der Waals surface area (Å²) in [6.45, 7) is 0. The molecule has 0 atom stereocenters. The van der Waals surface area contributed by atoms with Crippen LogP contribution in [-0.4, -0.2) is 18.5 Å². The predicted molar refractivity (Wildman–Crippen MR) is 42.2 cm³/mol. The second kappa shape index (κ2) is 3.66. The van der Waals surface area contributed by atoms with Crippen LogP contribution in [0, 0.1) is 5.82 Å². The monoisotopic (exact) mass is 242 g/mol. The zero-order chi connectivity index (χ0) is 11.8. The second-order valence-electron chi connectivity index (χ2n) is 2.52. The number of primary sulfonamides is 1. The summed E-state index contributed by atoms with van der Waals surface area (Å²) in [4.78, 5) is 2.95. The number of alkyl halides is 2. The number of nitrogens with two attached hydrogens (primary N) is 1. The second-order valence-corrected chi connectivity index (χ2v) is 4.00. The molecule has 9 heteroatoms. The van der Waals surface area contributed by atoms with Gasteiger partial charge in [0.25, 0.3) is 16.4 Å². The normalized spacial score (nSPS) is 12.1. The van der Waals surface area contributed by atoms with Crippen LogP contribution in [0.15, 0.2) is 11.2 Å². The Kier molecular flexibility index (Phi) is 2.86. The van der Waals surface area contributed by atoms with Crippen molar-refractivity contribution in [3.63, 3.8) is 0 Å². The molecule has 0 spiro atoms. The molecule has 0 unspecified atom stereocenters. The molecule has 84 valence electrons. The van der Waals surface area contributed by atoms with E-state index in [9.17, 15) is 21.6 Å². The van der Waals surface area contributed by atoms with E-state index in [1.807, 2.05) is 0 Å². The quantitative estimate of drug-likeness (QED) is 0.790. The van der Waals surface area contributed by atoms with Crippen LogP contribution in [-0.2, 0) is 10.0 Å². The van der Waals surface area contributed by atoms with Crippen molar-refractivity contribution in [1.82, 2.24) is 4.98 Å². The molecule has 1 rings (SSSR count). The fraction of sp³-hybridized carbons (Fsp3) is 0.167. The molecular formula is C6H5F3N2O3S. The third kappa shape index (κ3) is 2.18. The van der Waals surface area contributed by atoms with E-state index in [-0.39, 0.29) is 0 Å². The van der Waals surface area contributed by atoms with Crippen molar-refractivity contribution in [3.05, 3.63) is 17.6 Å². The van der Waals surface area contributed by atoms with Gasteiger partial charge in [-0.2, -0.15) is 0 Å². The molecule has 0 amide bonds. The van der Waals surface area contributed by atoms with Crippen molar-refractivity contribution in [2.45, 2.75) is 11.5 Å². The summed E-state index contributed by atoms with van der Waals surface area (Å²) in [6, 6.07) is 0. The van der Waals surface area contributed by atoms with E-state index in [0.717, 1.165) is 0 Å². The highest BCUT2D eigenvalue weighted by molar-refractivity contribution is 7.89. The summed E-state index contributed by atoms with van der Waals surface area (Å²) >= 11 is 0. The number of halogens is 3. The van der Waals surface area contributed by atoms with Gasteiger partial charge in [-0.15, -0.1) is 0 Å². The van der Waals surface area contributed by atoms with Crippen molar-refractivity contribution in [2.75, 3.05) is 0 Å². The Morgan fingerprint density at radius 2 is 2.00 bits per heavy atom. The molecular weight excluding hydrogens is 237 g/mol. The van der Waals surface area contributed by atoms with Crippen LogP contribution in [0.5, 0.6) is 5.75 Å². The van der Waals surface area contributed by atoms with Crippen LogP contribution < -0.4 is 5.14 Å². The van der Waals surface area contributed by atoms with E-state index in [0.29, 0.717) is 6.20 Å². The number of sulfonamides is 1. The zero-order valence-electron chi connectivity index (χ0n) is 6.99. The lowest BCUT2D eigenvalue weighted by Crippen LogP contribution is -2.17. The van der Waals surface area contributed by atoms with Crippen molar-refractivity contribution >= 4 is 10.0 Å². The number of aromatic nitrogens is 1. The molecule has 3 N–H and O–H groups in total. The van der Waals surface area contributed by atoms with Gasteiger partial charge in [0.15, 0.2) is 16.6 Å². The van der Waals surface area contributed by atoms with Gasteiger partial charge in [-0.25, -0.2) is 31.7 Å². The Balaban J connectivity index is 3.62. The van der Waals surface area contributed by atoms with Crippen LogP contribution in [0.4, 0.5) is 13.2 Å². The van der Waals surface area contributed by atoms with Gasteiger partial charge < -0.3 is 5.11 Å². The van der Waals surface area contributed by atoms with Crippen LogP contribution >= 0.6 is 0 Å². The topological polar surface area (TPSA) is 93.3 Å². The SMILES string of the molecule is NS(=O)(=O)c1ncc(O)c(F)c1C(F)F. The third-order valence-corrected chi connectivity index (χ3v) is 2.35. The average Bonchev–Trinajstić information content (AvgIpc) is 2.06. The molecule has 1 heterocycles. The highest BCUT2D eigenvalue weighted by atomic mass is 32.2. The Bertz CT molecular complexity index is 489. The number of nitrogens with zero attached hydrogens (tertiary/aromatic N) is 1. The summed E-state index contributed by atoms with van der Waals surface area (Å²) in [5, 5.41) is 12.0. The number of hydrogen-bond donors (Lipinski definition) is 2. The lowest BCUT2D eigenvalue weighted by atomic mass is 10.2. The number of pyridine rings is 1. The molecule has 0 aliphatic carbocycles. The number of rotatable bonds is 2. The van der Waals surface area contributed by atoms with Gasteiger partial charge in [-0.05, 0) is 0 Å². The lowest BCUT2D eigenvalue weighted by Gasteiger charge is -2.07. The summed E-state index contributed by atoms with van der Waals surface area (Å²) in [7, 11) is -4.56. The van der Waals surface area contributed by atoms with E-state index in [4.69, 9.17) is 5.11 Å². The maximum absolute atomic E-state index is 13.0. The molecule has 0 fully saturated rings. The van der Waals surface area contributed by atoms with E-state index in [1.165, 1.54) is 0 Å². The highest BCUT2D eigenvalue weighted by Crippen LogP contribution is 2.31. The van der Waals surface area contributed by atoms with Crippen molar-refractivity contribution < 1.29 is 26.7 Å². The van der Waals surface area contributed by atoms with Gasteiger partial charge in [-0.1, -0.05) is 0 Å². The molecule has 15 heavy (non-hydrogen) atoms. The first-order chi connectivity index (χ1) is 6.75. The van der Waals surface area contributed by atoms with Gasteiger partial charge in [0.05, 0.1) is 11.8 Å². The van der Waals surface area contributed by atoms with Crippen molar-refractivity contribution in [3.8, 4) is 5.75 Å². The predicted octanol–water partition coefficient (Wildman–Crippen LogP) is 0.511. The molecule has 0 saturated heterocycles. The van der Waals surface area contributed by atoms with Gasteiger partial charge in [-0.3, -0.25) is 0 Å². The fourth-order valence-corrected chi connectivity index (χ4v) is 1.58. The molecule has 0 bridgehead atoms. The van der Waals surface area contributed by atoms with Gasteiger partial charge >= 0.3 is 0 Å². The molecule has 1 aromatic rings. The Morgan fingerprint density at radius 3 is 2.40 bits per heavy atom. The van der Waals surface area contributed by atoms with E-state index in [1.54, 1.807) is 0 Å².